The molecule has 0 N–H and O–H groups in total. The summed E-state index contributed by atoms with van der Waals surface area (Å²) in [7, 11) is 0. The van der Waals surface area contributed by atoms with Gasteiger partial charge in [0.15, 0.2) is 0 Å². The monoisotopic (exact) mass is 336 g/mol. The molecule has 0 bridgehead atoms. The molecule has 5 rings (SSSR count). The van der Waals surface area contributed by atoms with Crippen molar-refractivity contribution in [3.05, 3.63) is 72.3 Å². The van der Waals surface area contributed by atoms with Gasteiger partial charge in [0, 0.05) is 0 Å². The highest BCUT2D eigenvalue weighted by Crippen LogP contribution is 2.41. The van der Waals surface area contributed by atoms with Crippen LogP contribution in [-0.2, 0) is 6.42 Å². The second kappa shape index (κ2) is 6.29. The Morgan fingerprint density at radius 1 is 0.538 bits per heavy atom. The molecule has 0 unspecified atom stereocenters. The van der Waals surface area contributed by atoms with Crippen molar-refractivity contribution < 1.29 is 0 Å². The maximum atomic E-state index is 2.38. The number of hydrogen-bond donors (Lipinski definition) is 0. The zero-order valence-electron chi connectivity index (χ0n) is 15.4. The summed E-state index contributed by atoms with van der Waals surface area (Å²) in [5.41, 5.74) is 1.51. The molecule has 0 aliphatic rings. The molecular formula is C26H24. The SMILES string of the molecule is CCCCCCc1ccc2c3cccc4cccc(c5cccc1c52)c43. The Balaban J connectivity index is 1.82. The highest BCUT2D eigenvalue weighted by molar-refractivity contribution is 6.33. The van der Waals surface area contributed by atoms with Crippen LogP contribution >= 0.6 is 0 Å². The Labute approximate surface area is 154 Å². The summed E-state index contributed by atoms with van der Waals surface area (Å²) in [5, 5.41) is 11.2. The third-order valence-corrected chi connectivity index (χ3v) is 5.92. The van der Waals surface area contributed by atoms with E-state index in [0.29, 0.717) is 0 Å². The van der Waals surface area contributed by atoms with Crippen molar-refractivity contribution in [2.75, 3.05) is 0 Å². The molecule has 5 aromatic carbocycles. The minimum atomic E-state index is 1.19. The van der Waals surface area contributed by atoms with E-state index in [1.165, 1.54) is 80.8 Å². The molecule has 0 radical (unpaired) electrons. The maximum absolute atomic E-state index is 2.38. The van der Waals surface area contributed by atoms with Gasteiger partial charge in [-0.15, -0.1) is 0 Å². The normalized spacial score (nSPS) is 12.0. The molecule has 0 heterocycles. The largest absolute Gasteiger partial charge is 0.0654 e. The average molecular weight is 336 g/mol. The number of rotatable bonds is 5. The summed E-state index contributed by atoms with van der Waals surface area (Å²) in [4.78, 5) is 0. The van der Waals surface area contributed by atoms with Crippen LogP contribution in [0.5, 0.6) is 0 Å². The quantitative estimate of drug-likeness (QED) is 0.174. The second-order valence-electron chi connectivity index (χ2n) is 7.52. The van der Waals surface area contributed by atoms with Crippen molar-refractivity contribution >= 4 is 43.1 Å². The van der Waals surface area contributed by atoms with Crippen LogP contribution in [0.25, 0.3) is 43.1 Å². The standard InChI is InChI=1S/C26H24/c1-2-3-4-5-9-18-16-17-24-22-14-7-11-19-10-6-13-21(25(19)22)23-15-8-12-20(18)26(23)24/h6-8,10-17H,2-5,9H2,1H3. The maximum Gasteiger partial charge on any atom is -0.00236 e. The number of unbranched alkanes of at least 4 members (excludes halogenated alkanes) is 3. The number of hydrogen-bond acceptors (Lipinski definition) is 0. The fraction of sp³-hybridized carbons (Fsp3) is 0.231. The van der Waals surface area contributed by atoms with Gasteiger partial charge in [0.2, 0.25) is 0 Å². The van der Waals surface area contributed by atoms with Gasteiger partial charge in [-0.1, -0.05) is 92.9 Å². The van der Waals surface area contributed by atoms with Gasteiger partial charge in [-0.2, -0.15) is 0 Å². The van der Waals surface area contributed by atoms with Gasteiger partial charge < -0.3 is 0 Å². The molecular weight excluding hydrogens is 312 g/mol. The van der Waals surface area contributed by atoms with Crippen LogP contribution < -0.4 is 0 Å². The Hall–Kier alpha value is -2.60. The molecule has 128 valence electrons. The first-order valence-electron chi connectivity index (χ1n) is 9.95. The minimum absolute atomic E-state index is 1.19. The molecule has 0 aliphatic carbocycles. The fourth-order valence-electron chi connectivity index (χ4n) is 4.67. The summed E-state index contributed by atoms with van der Waals surface area (Å²) in [5.74, 6) is 0. The Kier molecular flexibility index (Phi) is 3.78. The van der Waals surface area contributed by atoms with Crippen LogP contribution in [0.3, 0.4) is 0 Å². The summed E-state index contributed by atoms with van der Waals surface area (Å²) < 4.78 is 0. The van der Waals surface area contributed by atoms with E-state index in [1.54, 1.807) is 0 Å². The van der Waals surface area contributed by atoms with Crippen LogP contribution in [-0.4, -0.2) is 0 Å². The highest BCUT2D eigenvalue weighted by Gasteiger charge is 2.13. The molecule has 0 aromatic heterocycles. The smallest absolute Gasteiger partial charge is 0.00236 e. The van der Waals surface area contributed by atoms with E-state index >= 15 is 0 Å². The van der Waals surface area contributed by atoms with Crippen LogP contribution in [0.1, 0.15) is 38.2 Å². The Morgan fingerprint density at radius 2 is 1.15 bits per heavy atom. The van der Waals surface area contributed by atoms with Gasteiger partial charge in [-0.3, -0.25) is 0 Å². The van der Waals surface area contributed by atoms with Gasteiger partial charge in [0.1, 0.15) is 0 Å². The van der Waals surface area contributed by atoms with Crippen LogP contribution in [0.4, 0.5) is 0 Å². The molecule has 26 heavy (non-hydrogen) atoms. The van der Waals surface area contributed by atoms with E-state index in [1.807, 2.05) is 0 Å². The van der Waals surface area contributed by atoms with Crippen molar-refractivity contribution in [3.8, 4) is 0 Å². The van der Waals surface area contributed by atoms with Gasteiger partial charge in [-0.05, 0) is 61.5 Å². The van der Waals surface area contributed by atoms with Crippen LogP contribution in [0, 0.1) is 0 Å². The second-order valence-corrected chi connectivity index (χ2v) is 7.52. The van der Waals surface area contributed by atoms with Crippen molar-refractivity contribution in [1.29, 1.82) is 0 Å². The number of fused-ring (bicyclic) bond motifs is 2. The topological polar surface area (TPSA) is 0 Å². The van der Waals surface area contributed by atoms with Crippen LogP contribution in [0.2, 0.25) is 0 Å². The molecule has 5 aromatic rings. The average Bonchev–Trinajstić information content (AvgIpc) is 2.69. The molecule has 0 fully saturated rings. The van der Waals surface area contributed by atoms with E-state index in [-0.39, 0.29) is 0 Å². The first-order chi connectivity index (χ1) is 12.9. The van der Waals surface area contributed by atoms with E-state index < -0.39 is 0 Å². The summed E-state index contributed by atoms with van der Waals surface area (Å²) >= 11 is 0. The van der Waals surface area contributed by atoms with E-state index in [2.05, 4.69) is 73.7 Å². The van der Waals surface area contributed by atoms with Gasteiger partial charge >= 0.3 is 0 Å². The number of benzene rings is 5. The van der Waals surface area contributed by atoms with E-state index in [9.17, 15) is 0 Å². The zero-order chi connectivity index (χ0) is 17.5. The molecule has 0 atom stereocenters. The van der Waals surface area contributed by atoms with E-state index in [4.69, 9.17) is 0 Å². The van der Waals surface area contributed by atoms with Gasteiger partial charge in [0.05, 0.1) is 0 Å². The predicted molar refractivity (Wildman–Crippen MR) is 115 cm³/mol. The first-order valence-corrected chi connectivity index (χ1v) is 9.95. The van der Waals surface area contributed by atoms with Crippen molar-refractivity contribution in [1.82, 2.24) is 0 Å². The predicted octanol–water partition coefficient (Wildman–Crippen LogP) is 7.86. The molecule has 0 nitrogen and oxygen atoms in total. The Bertz CT molecular complexity index is 1160. The van der Waals surface area contributed by atoms with E-state index in [0.717, 1.165) is 0 Å². The highest BCUT2D eigenvalue weighted by atomic mass is 14.2. The lowest BCUT2D eigenvalue weighted by molar-refractivity contribution is 0.668. The summed E-state index contributed by atoms with van der Waals surface area (Å²) in [6.07, 6.45) is 6.45. The van der Waals surface area contributed by atoms with Gasteiger partial charge in [0.25, 0.3) is 0 Å². The molecule has 0 spiro atoms. The summed E-state index contributed by atoms with van der Waals surface area (Å²) in [6.45, 7) is 2.28. The number of aryl methyl sites for hydroxylation is 1. The Morgan fingerprint density at radius 3 is 1.88 bits per heavy atom. The molecule has 0 amide bonds. The molecule has 0 aliphatic heterocycles. The minimum Gasteiger partial charge on any atom is -0.0654 e. The van der Waals surface area contributed by atoms with Crippen LogP contribution in [0.15, 0.2) is 66.7 Å². The lowest BCUT2D eigenvalue weighted by atomic mass is 9.87. The zero-order valence-corrected chi connectivity index (χ0v) is 15.4. The third-order valence-electron chi connectivity index (χ3n) is 5.92. The van der Waals surface area contributed by atoms with Crippen molar-refractivity contribution in [2.45, 2.75) is 39.0 Å². The van der Waals surface area contributed by atoms with Crippen molar-refractivity contribution in [2.24, 2.45) is 0 Å². The summed E-state index contributed by atoms with van der Waals surface area (Å²) in [6, 6.07) is 25.0. The van der Waals surface area contributed by atoms with Gasteiger partial charge in [-0.25, -0.2) is 0 Å². The first kappa shape index (κ1) is 15.6. The lowest BCUT2D eigenvalue weighted by Gasteiger charge is -2.16. The van der Waals surface area contributed by atoms with Crippen molar-refractivity contribution in [3.63, 3.8) is 0 Å². The molecule has 0 saturated carbocycles. The lowest BCUT2D eigenvalue weighted by Crippen LogP contribution is -1.92. The fourth-order valence-corrected chi connectivity index (χ4v) is 4.67. The molecule has 0 heteroatoms. The third kappa shape index (κ3) is 2.29. The molecule has 0 saturated heterocycles.